The molecule has 1 fully saturated rings. The molecule has 0 radical (unpaired) electrons. The van der Waals surface area contributed by atoms with Gasteiger partial charge in [-0.05, 0) is 24.3 Å². The zero-order chi connectivity index (χ0) is 13.9. The molecule has 3 N–H and O–H groups in total. The maximum absolute atomic E-state index is 11.6. The van der Waals surface area contributed by atoms with Gasteiger partial charge in [0.25, 0.3) is 5.91 Å². The molecular formula is C12H14N2O4S. The minimum atomic E-state index is -1.06. The highest BCUT2D eigenvalue weighted by molar-refractivity contribution is 7.08. The Kier molecular flexibility index (Phi) is 3.84. The van der Waals surface area contributed by atoms with Gasteiger partial charge in [0.05, 0.1) is 0 Å². The van der Waals surface area contributed by atoms with Gasteiger partial charge in [-0.2, -0.15) is 11.3 Å². The lowest BCUT2D eigenvalue weighted by Crippen LogP contribution is -2.44. The van der Waals surface area contributed by atoms with Gasteiger partial charge in [0, 0.05) is 23.9 Å². The van der Waals surface area contributed by atoms with Gasteiger partial charge in [0.1, 0.15) is 5.54 Å². The Hall–Kier alpha value is -1.89. The van der Waals surface area contributed by atoms with Crippen LogP contribution in [-0.2, 0) is 9.59 Å². The number of thiophene rings is 1. The van der Waals surface area contributed by atoms with Gasteiger partial charge in [-0.15, -0.1) is 0 Å². The first-order valence-corrected chi connectivity index (χ1v) is 6.83. The van der Waals surface area contributed by atoms with Crippen molar-refractivity contribution in [2.75, 3.05) is 6.54 Å². The van der Waals surface area contributed by atoms with Crippen LogP contribution in [0.5, 0.6) is 0 Å². The summed E-state index contributed by atoms with van der Waals surface area (Å²) in [4.78, 5) is 34.0. The van der Waals surface area contributed by atoms with E-state index in [2.05, 4.69) is 10.6 Å². The molecule has 0 aromatic carbocycles. The molecule has 0 saturated heterocycles. The predicted molar refractivity (Wildman–Crippen MR) is 69.0 cm³/mol. The number of hydrogen-bond donors (Lipinski definition) is 3. The topological polar surface area (TPSA) is 95.5 Å². The second kappa shape index (κ2) is 5.40. The lowest BCUT2D eigenvalue weighted by molar-refractivity contribution is -0.143. The van der Waals surface area contributed by atoms with Crippen molar-refractivity contribution in [2.45, 2.75) is 24.8 Å². The fourth-order valence-corrected chi connectivity index (χ4v) is 2.27. The smallest absolute Gasteiger partial charge is 0.329 e. The molecule has 2 rings (SSSR count). The van der Waals surface area contributed by atoms with Crippen LogP contribution >= 0.6 is 11.3 Å². The molecule has 1 aliphatic rings. The minimum Gasteiger partial charge on any atom is -0.480 e. The highest BCUT2D eigenvalue weighted by Gasteiger charge is 2.51. The van der Waals surface area contributed by atoms with E-state index in [4.69, 9.17) is 5.11 Å². The lowest BCUT2D eigenvalue weighted by atomic mass is 10.2. The van der Waals surface area contributed by atoms with Crippen molar-refractivity contribution in [3.05, 3.63) is 22.4 Å². The van der Waals surface area contributed by atoms with E-state index in [-0.39, 0.29) is 24.8 Å². The van der Waals surface area contributed by atoms with Crippen LogP contribution in [0, 0.1) is 0 Å². The summed E-state index contributed by atoms with van der Waals surface area (Å²) in [5.74, 6) is -1.58. The molecular weight excluding hydrogens is 268 g/mol. The summed E-state index contributed by atoms with van der Waals surface area (Å²) < 4.78 is 0. The molecule has 2 amide bonds. The molecule has 6 nitrogen and oxygen atoms in total. The highest BCUT2D eigenvalue weighted by atomic mass is 32.1. The van der Waals surface area contributed by atoms with Crippen molar-refractivity contribution < 1.29 is 19.5 Å². The molecule has 1 aromatic rings. The number of amides is 2. The van der Waals surface area contributed by atoms with Gasteiger partial charge in [0.15, 0.2) is 0 Å². The normalized spacial score (nSPS) is 15.6. The zero-order valence-corrected chi connectivity index (χ0v) is 11.0. The minimum absolute atomic E-state index is 0.0743. The lowest BCUT2D eigenvalue weighted by Gasteiger charge is -2.12. The Morgan fingerprint density at radius 3 is 2.63 bits per heavy atom. The predicted octanol–water partition coefficient (Wildman–Crippen LogP) is 0.601. The molecule has 0 bridgehead atoms. The van der Waals surface area contributed by atoms with Crippen LogP contribution in [0.2, 0.25) is 0 Å². The van der Waals surface area contributed by atoms with E-state index in [1.807, 2.05) is 0 Å². The van der Waals surface area contributed by atoms with E-state index < -0.39 is 11.5 Å². The Balaban J connectivity index is 1.70. The van der Waals surface area contributed by atoms with Crippen LogP contribution in [0.4, 0.5) is 0 Å². The van der Waals surface area contributed by atoms with Gasteiger partial charge in [-0.1, -0.05) is 0 Å². The summed E-state index contributed by atoms with van der Waals surface area (Å²) in [7, 11) is 0. The Bertz CT molecular complexity index is 494. The van der Waals surface area contributed by atoms with Crippen molar-refractivity contribution in [3.63, 3.8) is 0 Å². The number of aliphatic carboxylic acids is 1. The van der Waals surface area contributed by atoms with Crippen molar-refractivity contribution in [3.8, 4) is 0 Å². The van der Waals surface area contributed by atoms with Crippen LogP contribution in [0.25, 0.3) is 0 Å². The Morgan fingerprint density at radius 1 is 1.37 bits per heavy atom. The molecule has 0 atom stereocenters. The van der Waals surface area contributed by atoms with Gasteiger partial charge in [-0.3, -0.25) is 9.59 Å². The van der Waals surface area contributed by atoms with E-state index in [1.165, 1.54) is 11.3 Å². The fourth-order valence-electron chi connectivity index (χ4n) is 1.63. The number of hydrogen-bond acceptors (Lipinski definition) is 4. The Labute approximate surface area is 113 Å². The van der Waals surface area contributed by atoms with E-state index in [0.717, 1.165) is 0 Å². The number of nitrogens with one attached hydrogen (secondary N) is 2. The SMILES string of the molecule is O=C(CCNC(=O)c1ccsc1)NC1(C(=O)O)CC1. The molecule has 1 saturated carbocycles. The van der Waals surface area contributed by atoms with E-state index >= 15 is 0 Å². The summed E-state index contributed by atoms with van der Waals surface area (Å²) in [5, 5.41) is 17.5. The van der Waals surface area contributed by atoms with Crippen molar-refractivity contribution >= 4 is 29.1 Å². The molecule has 0 unspecified atom stereocenters. The van der Waals surface area contributed by atoms with Gasteiger partial charge in [0.2, 0.25) is 5.91 Å². The van der Waals surface area contributed by atoms with Gasteiger partial charge < -0.3 is 15.7 Å². The molecule has 0 aliphatic heterocycles. The number of carbonyl (C=O) groups is 3. The molecule has 1 aromatic heterocycles. The maximum atomic E-state index is 11.6. The van der Waals surface area contributed by atoms with Crippen molar-refractivity contribution in [1.29, 1.82) is 0 Å². The monoisotopic (exact) mass is 282 g/mol. The number of carboxylic acid groups (broad SMARTS) is 1. The first-order valence-electron chi connectivity index (χ1n) is 5.88. The van der Waals surface area contributed by atoms with Crippen LogP contribution in [0.3, 0.4) is 0 Å². The number of carbonyl (C=O) groups excluding carboxylic acids is 2. The van der Waals surface area contributed by atoms with Crippen molar-refractivity contribution in [2.24, 2.45) is 0 Å². The summed E-state index contributed by atoms with van der Waals surface area (Å²) >= 11 is 1.42. The second-order valence-corrected chi connectivity index (χ2v) is 5.23. The first-order chi connectivity index (χ1) is 9.03. The van der Waals surface area contributed by atoms with Crippen LogP contribution < -0.4 is 10.6 Å². The van der Waals surface area contributed by atoms with Crippen LogP contribution in [0.15, 0.2) is 16.8 Å². The third-order valence-corrected chi connectivity index (χ3v) is 3.64. The third kappa shape index (κ3) is 3.31. The quantitative estimate of drug-likeness (QED) is 0.712. The fraction of sp³-hybridized carbons (Fsp3) is 0.417. The maximum Gasteiger partial charge on any atom is 0.329 e. The van der Waals surface area contributed by atoms with Crippen LogP contribution in [0.1, 0.15) is 29.6 Å². The zero-order valence-electron chi connectivity index (χ0n) is 10.1. The highest BCUT2D eigenvalue weighted by Crippen LogP contribution is 2.35. The molecule has 1 aliphatic carbocycles. The average molecular weight is 282 g/mol. The number of rotatable bonds is 6. The Morgan fingerprint density at radius 2 is 2.11 bits per heavy atom. The number of carboxylic acids is 1. The molecule has 0 spiro atoms. The van der Waals surface area contributed by atoms with Crippen LogP contribution in [-0.4, -0.2) is 35.0 Å². The summed E-state index contributed by atoms with van der Waals surface area (Å²) in [5.41, 5.74) is -0.497. The standard InChI is InChI=1S/C12H14N2O4S/c15-9(14-12(3-4-12)11(17)18)1-5-13-10(16)8-2-6-19-7-8/h2,6-7H,1,3-5H2,(H,13,16)(H,14,15)(H,17,18). The largest absolute Gasteiger partial charge is 0.480 e. The first kappa shape index (κ1) is 13.5. The van der Waals surface area contributed by atoms with Gasteiger partial charge >= 0.3 is 5.97 Å². The van der Waals surface area contributed by atoms with Crippen molar-refractivity contribution in [1.82, 2.24) is 10.6 Å². The summed E-state index contributed by atoms with van der Waals surface area (Å²) in [6.07, 6.45) is 1.01. The molecule has 102 valence electrons. The molecule has 7 heteroatoms. The third-order valence-electron chi connectivity index (χ3n) is 2.96. The molecule has 1 heterocycles. The van der Waals surface area contributed by atoms with Gasteiger partial charge in [-0.25, -0.2) is 4.79 Å². The summed E-state index contributed by atoms with van der Waals surface area (Å²) in [6, 6.07) is 1.70. The van der Waals surface area contributed by atoms with E-state index in [0.29, 0.717) is 18.4 Å². The van der Waals surface area contributed by atoms with E-state index in [9.17, 15) is 14.4 Å². The second-order valence-electron chi connectivity index (χ2n) is 4.45. The van der Waals surface area contributed by atoms with E-state index in [1.54, 1.807) is 16.8 Å². The average Bonchev–Trinajstić information content (AvgIpc) is 2.93. The molecule has 19 heavy (non-hydrogen) atoms. The summed E-state index contributed by atoms with van der Waals surface area (Å²) in [6.45, 7) is 0.191.